The molecule has 0 saturated heterocycles. The van der Waals surface area contributed by atoms with Crippen molar-refractivity contribution in [3.63, 3.8) is 0 Å². The van der Waals surface area contributed by atoms with E-state index in [0.717, 1.165) is 18.5 Å². The third-order valence-electron chi connectivity index (χ3n) is 3.80. The van der Waals surface area contributed by atoms with Gasteiger partial charge in [-0.15, -0.1) is 5.10 Å². The van der Waals surface area contributed by atoms with E-state index >= 15 is 0 Å². The van der Waals surface area contributed by atoms with Gasteiger partial charge in [0.2, 0.25) is 5.91 Å². The third-order valence-corrected chi connectivity index (χ3v) is 3.80. The van der Waals surface area contributed by atoms with Crippen molar-refractivity contribution >= 4 is 5.91 Å². The van der Waals surface area contributed by atoms with Gasteiger partial charge < -0.3 is 10.6 Å². The first-order valence-corrected chi connectivity index (χ1v) is 8.05. The van der Waals surface area contributed by atoms with Crippen LogP contribution in [0.3, 0.4) is 0 Å². The van der Waals surface area contributed by atoms with Crippen LogP contribution in [-0.4, -0.2) is 33.0 Å². The Labute approximate surface area is 126 Å². The van der Waals surface area contributed by atoms with Gasteiger partial charge in [-0.1, -0.05) is 44.7 Å². The van der Waals surface area contributed by atoms with Crippen molar-refractivity contribution < 1.29 is 4.79 Å². The van der Waals surface area contributed by atoms with Crippen LogP contribution in [0.5, 0.6) is 0 Å². The molecular formula is C15H27N5O. The number of nitrogens with one attached hydrogen (secondary N) is 2. The van der Waals surface area contributed by atoms with E-state index in [-0.39, 0.29) is 12.5 Å². The highest BCUT2D eigenvalue weighted by Crippen LogP contribution is 2.17. The SMILES string of the molecule is CC(C)NCc1cn(CC(=O)NC2CCCCCC2)nn1. The minimum atomic E-state index is 0.0372. The molecule has 0 aliphatic heterocycles. The first-order valence-electron chi connectivity index (χ1n) is 8.05. The monoisotopic (exact) mass is 293 g/mol. The lowest BCUT2D eigenvalue weighted by molar-refractivity contribution is -0.122. The Bertz CT molecular complexity index is 435. The summed E-state index contributed by atoms with van der Waals surface area (Å²) in [5.74, 6) is 0.0372. The summed E-state index contributed by atoms with van der Waals surface area (Å²) in [5, 5.41) is 14.5. The molecule has 2 rings (SSSR count). The number of amides is 1. The van der Waals surface area contributed by atoms with Gasteiger partial charge in [0, 0.05) is 18.6 Å². The van der Waals surface area contributed by atoms with Crippen molar-refractivity contribution in [1.29, 1.82) is 0 Å². The summed E-state index contributed by atoms with van der Waals surface area (Å²) >= 11 is 0. The van der Waals surface area contributed by atoms with Crippen LogP contribution in [0.4, 0.5) is 0 Å². The molecule has 0 radical (unpaired) electrons. The Morgan fingerprint density at radius 2 is 2.05 bits per heavy atom. The van der Waals surface area contributed by atoms with Crippen LogP contribution in [0.2, 0.25) is 0 Å². The van der Waals surface area contributed by atoms with Gasteiger partial charge in [0.05, 0.1) is 11.9 Å². The maximum Gasteiger partial charge on any atom is 0.242 e. The molecule has 6 heteroatoms. The van der Waals surface area contributed by atoms with Crippen molar-refractivity contribution in [2.75, 3.05) is 0 Å². The molecule has 1 aliphatic rings. The number of rotatable bonds is 6. The predicted octanol–water partition coefficient (Wildman–Crippen LogP) is 1.62. The normalized spacial score (nSPS) is 16.9. The van der Waals surface area contributed by atoms with Gasteiger partial charge in [-0.3, -0.25) is 4.79 Å². The van der Waals surface area contributed by atoms with Gasteiger partial charge in [-0.05, 0) is 12.8 Å². The van der Waals surface area contributed by atoms with Gasteiger partial charge in [0.25, 0.3) is 0 Å². The van der Waals surface area contributed by atoms with Crippen LogP contribution in [0.25, 0.3) is 0 Å². The van der Waals surface area contributed by atoms with Crippen molar-refractivity contribution in [1.82, 2.24) is 25.6 Å². The van der Waals surface area contributed by atoms with E-state index in [2.05, 4.69) is 34.8 Å². The van der Waals surface area contributed by atoms with Crippen LogP contribution < -0.4 is 10.6 Å². The molecule has 1 fully saturated rings. The third kappa shape index (κ3) is 5.83. The lowest BCUT2D eigenvalue weighted by atomic mass is 10.1. The summed E-state index contributed by atoms with van der Waals surface area (Å²) in [7, 11) is 0. The molecule has 0 spiro atoms. The Morgan fingerprint density at radius 1 is 1.33 bits per heavy atom. The van der Waals surface area contributed by atoms with E-state index in [4.69, 9.17) is 0 Å². The molecule has 1 heterocycles. The Hall–Kier alpha value is -1.43. The van der Waals surface area contributed by atoms with Crippen molar-refractivity contribution in [3.8, 4) is 0 Å². The van der Waals surface area contributed by atoms with Gasteiger partial charge in [0.1, 0.15) is 6.54 Å². The van der Waals surface area contributed by atoms with E-state index in [1.54, 1.807) is 4.68 Å². The summed E-state index contributed by atoms with van der Waals surface area (Å²) in [4.78, 5) is 12.1. The quantitative estimate of drug-likeness (QED) is 0.782. The molecule has 6 nitrogen and oxygen atoms in total. The number of hydrogen-bond donors (Lipinski definition) is 2. The maximum absolute atomic E-state index is 12.1. The second-order valence-corrected chi connectivity index (χ2v) is 6.20. The lowest BCUT2D eigenvalue weighted by Crippen LogP contribution is -2.36. The topological polar surface area (TPSA) is 71.8 Å². The molecule has 1 aromatic heterocycles. The lowest BCUT2D eigenvalue weighted by Gasteiger charge is -2.15. The smallest absolute Gasteiger partial charge is 0.242 e. The molecule has 0 unspecified atom stereocenters. The zero-order chi connectivity index (χ0) is 15.1. The van der Waals surface area contributed by atoms with Crippen LogP contribution >= 0.6 is 0 Å². The van der Waals surface area contributed by atoms with E-state index in [9.17, 15) is 4.79 Å². The summed E-state index contributed by atoms with van der Waals surface area (Å²) in [6, 6.07) is 0.749. The zero-order valence-electron chi connectivity index (χ0n) is 13.1. The molecule has 1 aromatic rings. The first kappa shape index (κ1) is 15.9. The van der Waals surface area contributed by atoms with Gasteiger partial charge in [-0.2, -0.15) is 0 Å². The van der Waals surface area contributed by atoms with Gasteiger partial charge >= 0.3 is 0 Å². The van der Waals surface area contributed by atoms with Crippen molar-refractivity contribution in [2.45, 2.75) is 77.5 Å². The number of nitrogens with zero attached hydrogens (tertiary/aromatic N) is 3. The van der Waals surface area contributed by atoms with E-state index < -0.39 is 0 Å². The summed E-state index contributed by atoms with van der Waals surface area (Å²) < 4.78 is 1.61. The Morgan fingerprint density at radius 3 is 2.71 bits per heavy atom. The second-order valence-electron chi connectivity index (χ2n) is 6.20. The molecule has 21 heavy (non-hydrogen) atoms. The molecule has 0 aromatic carbocycles. The number of carbonyl (C=O) groups excluding carboxylic acids is 1. The van der Waals surface area contributed by atoms with Crippen LogP contribution in [0.1, 0.15) is 58.1 Å². The summed E-state index contributed by atoms with van der Waals surface area (Å²) in [5.41, 5.74) is 0.867. The van der Waals surface area contributed by atoms with Crippen LogP contribution in [-0.2, 0) is 17.9 Å². The Balaban J connectivity index is 1.76. The van der Waals surface area contributed by atoms with Crippen molar-refractivity contribution in [2.24, 2.45) is 0 Å². The standard InChI is InChI=1S/C15H27N5O/c1-12(2)16-9-14-10-20(19-18-14)11-15(21)17-13-7-5-3-4-6-8-13/h10,12-13,16H,3-9,11H2,1-2H3,(H,17,21). The van der Waals surface area contributed by atoms with E-state index in [1.165, 1.54) is 25.7 Å². The van der Waals surface area contributed by atoms with Gasteiger partial charge in [-0.25, -0.2) is 4.68 Å². The summed E-state index contributed by atoms with van der Waals surface area (Å²) in [6.07, 6.45) is 9.07. The fourth-order valence-corrected chi connectivity index (χ4v) is 2.65. The number of hydrogen-bond acceptors (Lipinski definition) is 4. The number of aromatic nitrogens is 3. The maximum atomic E-state index is 12.1. The average molecular weight is 293 g/mol. The zero-order valence-corrected chi connectivity index (χ0v) is 13.1. The van der Waals surface area contributed by atoms with Crippen LogP contribution in [0.15, 0.2) is 6.20 Å². The molecule has 1 amide bonds. The van der Waals surface area contributed by atoms with Crippen molar-refractivity contribution in [3.05, 3.63) is 11.9 Å². The fraction of sp³-hybridized carbons (Fsp3) is 0.800. The van der Waals surface area contributed by atoms with E-state index in [0.29, 0.717) is 18.6 Å². The van der Waals surface area contributed by atoms with Gasteiger partial charge in [0.15, 0.2) is 0 Å². The second kappa shape index (κ2) is 8.12. The first-order chi connectivity index (χ1) is 10.1. The minimum absolute atomic E-state index is 0.0372. The molecule has 1 aliphatic carbocycles. The molecule has 0 bridgehead atoms. The minimum Gasteiger partial charge on any atom is -0.352 e. The average Bonchev–Trinajstić information content (AvgIpc) is 2.71. The molecular weight excluding hydrogens is 266 g/mol. The molecule has 0 atom stereocenters. The molecule has 2 N–H and O–H groups in total. The highest BCUT2D eigenvalue weighted by Gasteiger charge is 2.15. The summed E-state index contributed by atoms with van der Waals surface area (Å²) in [6.45, 7) is 5.11. The van der Waals surface area contributed by atoms with E-state index in [1.807, 2.05) is 6.20 Å². The molecule has 118 valence electrons. The molecule has 1 saturated carbocycles. The largest absolute Gasteiger partial charge is 0.352 e. The highest BCUT2D eigenvalue weighted by molar-refractivity contribution is 5.75. The predicted molar refractivity (Wildman–Crippen MR) is 81.6 cm³/mol. The fourth-order valence-electron chi connectivity index (χ4n) is 2.65. The highest BCUT2D eigenvalue weighted by atomic mass is 16.2. The Kier molecular flexibility index (Phi) is 6.17. The van der Waals surface area contributed by atoms with Crippen LogP contribution in [0, 0.1) is 0 Å². The number of carbonyl (C=O) groups is 1.